The van der Waals surface area contributed by atoms with Crippen LogP contribution in [0.2, 0.25) is 0 Å². The molecular formula is C20H27N3O3S. The highest BCUT2D eigenvalue weighted by atomic mass is 32.2. The van der Waals surface area contributed by atoms with Crippen molar-refractivity contribution in [2.75, 3.05) is 13.2 Å². The van der Waals surface area contributed by atoms with Gasteiger partial charge in [-0.15, -0.1) is 0 Å². The predicted octanol–water partition coefficient (Wildman–Crippen LogP) is 2.83. The monoisotopic (exact) mass is 389 g/mol. The summed E-state index contributed by atoms with van der Waals surface area (Å²) in [5, 5.41) is 3.77. The first-order valence-corrected chi connectivity index (χ1v) is 10.4. The molecule has 1 amide bonds. The van der Waals surface area contributed by atoms with Crippen LogP contribution in [-0.2, 0) is 16.1 Å². The minimum Gasteiger partial charge on any atom is -0.376 e. The third-order valence-corrected chi connectivity index (χ3v) is 5.66. The fourth-order valence-corrected chi connectivity index (χ4v) is 3.99. The Balaban J connectivity index is 1.89. The minimum atomic E-state index is -0.340. The Morgan fingerprint density at radius 3 is 2.85 bits per heavy atom. The van der Waals surface area contributed by atoms with Crippen molar-refractivity contribution in [2.24, 2.45) is 5.92 Å². The molecule has 0 aliphatic carbocycles. The first-order valence-electron chi connectivity index (χ1n) is 9.51. The predicted molar refractivity (Wildman–Crippen MR) is 108 cm³/mol. The Hall–Kier alpha value is -1.86. The SMILES string of the molecule is CC(C)CNC(=O)C(C)Sc1nc2ccccc2c(=O)n1CC1CCCO1. The molecule has 0 bridgehead atoms. The van der Waals surface area contributed by atoms with Crippen molar-refractivity contribution < 1.29 is 9.53 Å². The van der Waals surface area contributed by atoms with Crippen molar-refractivity contribution in [1.29, 1.82) is 0 Å². The second-order valence-electron chi connectivity index (χ2n) is 7.36. The quantitative estimate of drug-likeness (QED) is 0.582. The second kappa shape index (κ2) is 8.89. The summed E-state index contributed by atoms with van der Waals surface area (Å²) in [6, 6.07) is 7.34. The van der Waals surface area contributed by atoms with Crippen LogP contribution in [0.25, 0.3) is 10.9 Å². The molecule has 6 nitrogen and oxygen atoms in total. The maximum absolute atomic E-state index is 13.1. The minimum absolute atomic E-state index is 0.0232. The number of aromatic nitrogens is 2. The largest absolute Gasteiger partial charge is 0.376 e. The van der Waals surface area contributed by atoms with Crippen molar-refractivity contribution in [3.05, 3.63) is 34.6 Å². The summed E-state index contributed by atoms with van der Waals surface area (Å²) < 4.78 is 7.40. The number of hydrogen-bond acceptors (Lipinski definition) is 5. The topological polar surface area (TPSA) is 73.2 Å². The normalized spacial score (nSPS) is 18.1. The molecule has 27 heavy (non-hydrogen) atoms. The van der Waals surface area contributed by atoms with Gasteiger partial charge in [-0.3, -0.25) is 14.2 Å². The molecule has 2 atom stereocenters. The molecule has 1 N–H and O–H groups in total. The summed E-state index contributed by atoms with van der Waals surface area (Å²) in [7, 11) is 0. The van der Waals surface area contributed by atoms with Gasteiger partial charge in [0, 0.05) is 13.2 Å². The Labute approximate surface area is 163 Å². The van der Waals surface area contributed by atoms with Gasteiger partial charge in [0.05, 0.1) is 28.8 Å². The lowest BCUT2D eigenvalue weighted by atomic mass is 10.2. The van der Waals surface area contributed by atoms with Crippen molar-refractivity contribution in [1.82, 2.24) is 14.9 Å². The number of carbonyl (C=O) groups is 1. The lowest BCUT2D eigenvalue weighted by Gasteiger charge is -2.18. The van der Waals surface area contributed by atoms with Crippen molar-refractivity contribution in [2.45, 2.75) is 56.7 Å². The van der Waals surface area contributed by atoms with Crippen LogP contribution in [0, 0.1) is 5.92 Å². The number of fused-ring (bicyclic) bond motifs is 1. The molecule has 1 aromatic carbocycles. The van der Waals surface area contributed by atoms with E-state index in [9.17, 15) is 9.59 Å². The zero-order valence-corrected chi connectivity index (χ0v) is 16.9. The van der Waals surface area contributed by atoms with E-state index < -0.39 is 0 Å². The molecule has 2 unspecified atom stereocenters. The summed E-state index contributed by atoms with van der Waals surface area (Å²) in [6.45, 7) is 7.80. The molecule has 1 saturated heterocycles. The van der Waals surface area contributed by atoms with E-state index in [2.05, 4.69) is 24.1 Å². The van der Waals surface area contributed by atoms with E-state index in [1.54, 1.807) is 10.6 Å². The number of rotatable bonds is 7. The molecule has 1 aliphatic rings. The number of carbonyl (C=O) groups excluding carboxylic acids is 1. The van der Waals surface area contributed by atoms with Crippen molar-refractivity contribution >= 4 is 28.6 Å². The Bertz CT molecular complexity index is 859. The molecule has 146 valence electrons. The van der Waals surface area contributed by atoms with Crippen LogP contribution in [-0.4, -0.2) is 40.0 Å². The van der Waals surface area contributed by atoms with Crippen LogP contribution in [0.4, 0.5) is 0 Å². The summed E-state index contributed by atoms with van der Waals surface area (Å²) in [5.41, 5.74) is 0.580. The lowest BCUT2D eigenvalue weighted by Crippen LogP contribution is -2.34. The van der Waals surface area contributed by atoms with Crippen LogP contribution in [0.1, 0.15) is 33.6 Å². The van der Waals surface area contributed by atoms with Gasteiger partial charge in [-0.2, -0.15) is 0 Å². The summed E-state index contributed by atoms with van der Waals surface area (Å²) in [4.78, 5) is 30.1. The van der Waals surface area contributed by atoms with E-state index in [1.807, 2.05) is 25.1 Å². The zero-order valence-electron chi connectivity index (χ0n) is 16.1. The van der Waals surface area contributed by atoms with Crippen molar-refractivity contribution in [3.63, 3.8) is 0 Å². The number of nitrogens with zero attached hydrogens (tertiary/aromatic N) is 2. The molecule has 0 radical (unpaired) electrons. The molecule has 2 heterocycles. The summed E-state index contributed by atoms with van der Waals surface area (Å²) in [5.74, 6) is 0.349. The van der Waals surface area contributed by atoms with Gasteiger partial charge in [-0.05, 0) is 37.8 Å². The number of benzene rings is 1. The molecule has 0 spiro atoms. The molecule has 3 rings (SSSR count). The van der Waals surface area contributed by atoms with E-state index in [0.717, 1.165) is 19.4 Å². The van der Waals surface area contributed by atoms with E-state index in [1.165, 1.54) is 11.8 Å². The number of ether oxygens (including phenoxy) is 1. The first kappa shape index (κ1) is 19.9. The van der Waals surface area contributed by atoms with Gasteiger partial charge < -0.3 is 10.1 Å². The van der Waals surface area contributed by atoms with Gasteiger partial charge in [-0.1, -0.05) is 37.7 Å². The highest BCUT2D eigenvalue weighted by Crippen LogP contribution is 2.24. The highest BCUT2D eigenvalue weighted by Gasteiger charge is 2.23. The van der Waals surface area contributed by atoms with Gasteiger partial charge in [0.15, 0.2) is 5.16 Å². The van der Waals surface area contributed by atoms with Gasteiger partial charge in [0.2, 0.25) is 5.91 Å². The highest BCUT2D eigenvalue weighted by molar-refractivity contribution is 8.00. The van der Waals surface area contributed by atoms with Gasteiger partial charge in [0.1, 0.15) is 0 Å². The third kappa shape index (κ3) is 4.90. The maximum atomic E-state index is 13.1. The van der Waals surface area contributed by atoms with E-state index in [4.69, 9.17) is 4.74 Å². The number of hydrogen-bond donors (Lipinski definition) is 1. The molecule has 1 aromatic heterocycles. The fraction of sp³-hybridized carbons (Fsp3) is 0.550. The van der Waals surface area contributed by atoms with Gasteiger partial charge in [0.25, 0.3) is 5.56 Å². The maximum Gasteiger partial charge on any atom is 0.262 e. The van der Waals surface area contributed by atoms with Crippen LogP contribution in [0.15, 0.2) is 34.2 Å². The molecule has 1 aliphatic heterocycles. The van der Waals surface area contributed by atoms with Crippen LogP contribution in [0.3, 0.4) is 0 Å². The summed E-state index contributed by atoms with van der Waals surface area (Å²) in [6.07, 6.45) is 1.97. The molecule has 1 fully saturated rings. The summed E-state index contributed by atoms with van der Waals surface area (Å²) >= 11 is 1.33. The van der Waals surface area contributed by atoms with Gasteiger partial charge in [-0.25, -0.2) is 4.98 Å². The first-order chi connectivity index (χ1) is 13.0. The zero-order chi connectivity index (χ0) is 19.4. The molecule has 7 heteroatoms. The smallest absolute Gasteiger partial charge is 0.262 e. The Kier molecular flexibility index (Phi) is 6.55. The van der Waals surface area contributed by atoms with E-state index in [-0.39, 0.29) is 22.8 Å². The lowest BCUT2D eigenvalue weighted by molar-refractivity contribution is -0.120. The second-order valence-corrected chi connectivity index (χ2v) is 8.67. The Morgan fingerprint density at radius 2 is 2.15 bits per heavy atom. The van der Waals surface area contributed by atoms with Crippen molar-refractivity contribution in [3.8, 4) is 0 Å². The number of para-hydroxylation sites is 1. The van der Waals surface area contributed by atoms with Gasteiger partial charge >= 0.3 is 0 Å². The van der Waals surface area contributed by atoms with Crippen LogP contribution >= 0.6 is 11.8 Å². The molecular weight excluding hydrogens is 362 g/mol. The Morgan fingerprint density at radius 1 is 1.37 bits per heavy atom. The number of thioether (sulfide) groups is 1. The number of nitrogens with one attached hydrogen (secondary N) is 1. The molecule has 2 aromatic rings. The van der Waals surface area contributed by atoms with E-state index in [0.29, 0.717) is 35.1 Å². The molecule has 0 saturated carbocycles. The third-order valence-electron chi connectivity index (χ3n) is 4.57. The van der Waals surface area contributed by atoms with Crippen LogP contribution < -0.4 is 10.9 Å². The average Bonchev–Trinajstić information content (AvgIpc) is 3.16. The van der Waals surface area contributed by atoms with Crippen LogP contribution in [0.5, 0.6) is 0 Å². The fourth-order valence-electron chi connectivity index (χ4n) is 3.05. The van der Waals surface area contributed by atoms with E-state index >= 15 is 0 Å². The number of amides is 1. The average molecular weight is 390 g/mol. The standard InChI is InChI=1S/C20H27N3O3S/c1-13(2)11-21-18(24)14(3)27-20-22-17-9-5-4-8-16(17)19(25)23(20)12-15-7-6-10-26-15/h4-5,8-9,13-15H,6-7,10-12H2,1-3H3,(H,21,24).